The Bertz CT molecular complexity index is 72.6. The van der Waals surface area contributed by atoms with Gasteiger partial charge in [0.05, 0.1) is 0 Å². The molecule has 0 aliphatic rings. The molecule has 0 aromatic heterocycles. The SMILES string of the molecule is C[CH-]C.C[CH-]C.O.[CH2-]C(C)(C)C.[CH2-]C(C)(C)C.[Ti+4]. The molecule has 18 heavy (non-hydrogen) atoms. The summed E-state index contributed by atoms with van der Waals surface area (Å²) in [6.07, 6.45) is 4.00. The zero-order chi connectivity index (χ0) is 14.4. The third-order valence-electron chi connectivity index (χ3n) is 0. The Balaban J connectivity index is -0.0000000265. The molecule has 0 rings (SSSR count). The van der Waals surface area contributed by atoms with Crippen LogP contribution in [0.2, 0.25) is 0 Å². The molecule has 0 fully saturated rings. The van der Waals surface area contributed by atoms with Crippen LogP contribution < -0.4 is 0 Å². The van der Waals surface area contributed by atoms with Crippen molar-refractivity contribution >= 4 is 0 Å². The van der Waals surface area contributed by atoms with Crippen molar-refractivity contribution in [1.82, 2.24) is 0 Å². The topological polar surface area (TPSA) is 31.5 Å². The minimum absolute atomic E-state index is 0. The molecule has 0 aliphatic heterocycles. The third-order valence-corrected chi connectivity index (χ3v) is 0. The molecule has 0 amide bonds. The van der Waals surface area contributed by atoms with Gasteiger partial charge in [0.15, 0.2) is 0 Å². The number of hydrogen-bond donors (Lipinski definition) is 0. The average molecular weight is 294 g/mol. The van der Waals surface area contributed by atoms with E-state index < -0.39 is 0 Å². The molecule has 0 saturated carbocycles. The Morgan fingerprint density at radius 2 is 0.611 bits per heavy atom. The first kappa shape index (κ1) is 36.3. The van der Waals surface area contributed by atoms with Gasteiger partial charge in [0.25, 0.3) is 0 Å². The number of hydrogen-bond acceptors (Lipinski definition) is 0. The second kappa shape index (κ2) is 22.8. The van der Waals surface area contributed by atoms with Crippen molar-refractivity contribution < 1.29 is 27.2 Å². The van der Waals surface area contributed by atoms with E-state index in [-0.39, 0.29) is 38.0 Å². The fraction of sp³-hybridized carbons (Fsp3) is 0.750. The van der Waals surface area contributed by atoms with Crippen LogP contribution >= 0.6 is 0 Å². The predicted molar refractivity (Wildman–Crippen MR) is 84.5 cm³/mol. The van der Waals surface area contributed by atoms with Crippen molar-refractivity contribution in [3.8, 4) is 0 Å². The molecule has 0 bridgehead atoms. The summed E-state index contributed by atoms with van der Waals surface area (Å²) in [7, 11) is 0. The van der Waals surface area contributed by atoms with Crippen molar-refractivity contribution in [2.75, 3.05) is 0 Å². The summed E-state index contributed by atoms with van der Waals surface area (Å²) < 4.78 is 0. The standard InChI is InChI=1S/2C5H11.2C3H7.H2O.Ti/c2*1-5(2,3)4;2*1-3-2;;/h2*1H2,2-4H3;2*3H,1-2H3;1H2;/q4*-1;;+4. The minimum atomic E-state index is 0. The zero-order valence-corrected chi connectivity index (χ0v) is 16.1. The van der Waals surface area contributed by atoms with Crippen LogP contribution in [0.1, 0.15) is 69.2 Å². The maximum Gasteiger partial charge on any atom is 4.00 e. The van der Waals surface area contributed by atoms with E-state index in [2.05, 4.69) is 55.4 Å². The average Bonchev–Trinajstić information content (AvgIpc) is 1.79. The molecule has 0 saturated heterocycles. The van der Waals surface area contributed by atoms with Crippen molar-refractivity contribution in [2.45, 2.75) is 69.2 Å². The Kier molecular flexibility index (Phi) is 46.0. The van der Waals surface area contributed by atoms with E-state index in [0.29, 0.717) is 0 Å². The van der Waals surface area contributed by atoms with E-state index in [0.717, 1.165) is 0 Å². The number of rotatable bonds is 0. The molecule has 1 nitrogen and oxygen atoms in total. The Morgan fingerprint density at radius 3 is 0.611 bits per heavy atom. The first-order chi connectivity index (χ1) is 6.83. The molecular weight excluding hydrogens is 256 g/mol. The van der Waals surface area contributed by atoms with Crippen molar-refractivity contribution in [3.63, 3.8) is 0 Å². The largest absolute Gasteiger partial charge is 4.00 e. The second-order valence-electron chi connectivity index (χ2n) is 6.28. The van der Waals surface area contributed by atoms with Gasteiger partial charge in [0, 0.05) is 0 Å². The van der Waals surface area contributed by atoms with Gasteiger partial charge in [-0.2, -0.15) is 38.5 Å². The van der Waals surface area contributed by atoms with E-state index in [9.17, 15) is 0 Å². The molecule has 0 spiro atoms. The Labute approximate surface area is 134 Å². The van der Waals surface area contributed by atoms with Crippen LogP contribution in [-0.4, -0.2) is 5.48 Å². The normalized spacial score (nSPS) is 8.67. The summed E-state index contributed by atoms with van der Waals surface area (Å²) >= 11 is 0. The fourth-order valence-electron chi connectivity index (χ4n) is 0. The van der Waals surface area contributed by atoms with Crippen LogP contribution in [0, 0.1) is 37.5 Å². The molecule has 0 aromatic carbocycles. The van der Waals surface area contributed by atoms with Gasteiger partial charge in [-0.1, -0.05) is 41.5 Å². The van der Waals surface area contributed by atoms with Gasteiger partial charge in [-0.25, -0.2) is 0 Å². The molecule has 0 radical (unpaired) electrons. The monoisotopic (exact) mass is 294 g/mol. The first-order valence-electron chi connectivity index (χ1n) is 6.02. The van der Waals surface area contributed by atoms with Gasteiger partial charge < -0.3 is 32.2 Å². The molecule has 0 unspecified atom stereocenters. The van der Waals surface area contributed by atoms with E-state index in [1.165, 1.54) is 0 Å². The van der Waals surface area contributed by atoms with Gasteiger partial charge in [-0.05, 0) is 0 Å². The van der Waals surface area contributed by atoms with Crippen LogP contribution in [-0.2, 0) is 21.7 Å². The van der Waals surface area contributed by atoms with Crippen molar-refractivity contribution in [1.29, 1.82) is 0 Å². The van der Waals surface area contributed by atoms with Crippen LogP contribution in [0.25, 0.3) is 0 Å². The summed E-state index contributed by atoms with van der Waals surface area (Å²) in [5.41, 5.74) is 0.500. The van der Waals surface area contributed by atoms with E-state index in [1.54, 1.807) is 0 Å². The molecule has 0 aliphatic carbocycles. The maximum absolute atomic E-state index is 3.77. The summed E-state index contributed by atoms with van der Waals surface area (Å²) in [6.45, 7) is 28.0. The summed E-state index contributed by atoms with van der Waals surface area (Å²) in [4.78, 5) is 0. The molecule has 112 valence electrons. The summed E-state index contributed by atoms with van der Waals surface area (Å²) in [5, 5.41) is 0. The maximum atomic E-state index is 3.77. The molecule has 2 heteroatoms. The Hall–Kier alpha value is 0.674. The van der Waals surface area contributed by atoms with Crippen molar-refractivity contribution in [2.24, 2.45) is 10.8 Å². The molecule has 0 aromatic rings. The van der Waals surface area contributed by atoms with Gasteiger partial charge in [-0.15, -0.1) is 0 Å². The predicted octanol–water partition coefficient (Wildman–Crippen LogP) is 5.37. The van der Waals surface area contributed by atoms with Crippen LogP contribution in [0.5, 0.6) is 0 Å². The Morgan fingerprint density at radius 1 is 0.611 bits per heavy atom. The second-order valence-corrected chi connectivity index (χ2v) is 6.28. The quantitative estimate of drug-likeness (QED) is 0.425. The van der Waals surface area contributed by atoms with E-state index in [4.69, 9.17) is 0 Å². The minimum Gasteiger partial charge on any atom is -0.412 e. The van der Waals surface area contributed by atoms with Gasteiger partial charge in [-0.3, -0.25) is 0 Å². The summed E-state index contributed by atoms with van der Waals surface area (Å²) in [6, 6.07) is 0. The van der Waals surface area contributed by atoms with E-state index in [1.807, 2.05) is 40.5 Å². The molecule has 0 heterocycles. The van der Waals surface area contributed by atoms with Gasteiger partial charge in [0.2, 0.25) is 0 Å². The summed E-state index contributed by atoms with van der Waals surface area (Å²) in [5.74, 6) is 0. The van der Waals surface area contributed by atoms with Crippen LogP contribution in [0.4, 0.5) is 0 Å². The van der Waals surface area contributed by atoms with Crippen LogP contribution in [0.3, 0.4) is 0 Å². The third kappa shape index (κ3) is 9010. The van der Waals surface area contributed by atoms with Crippen LogP contribution in [0.15, 0.2) is 0 Å². The van der Waals surface area contributed by atoms with E-state index >= 15 is 0 Å². The molecule has 2 N–H and O–H groups in total. The fourth-order valence-corrected chi connectivity index (χ4v) is 0. The first-order valence-corrected chi connectivity index (χ1v) is 6.02. The zero-order valence-electron chi connectivity index (χ0n) is 14.6. The molecular formula is C16H38OTi. The molecule has 0 atom stereocenters. The van der Waals surface area contributed by atoms with Crippen molar-refractivity contribution in [3.05, 3.63) is 26.7 Å². The smallest absolute Gasteiger partial charge is 0.412 e. The van der Waals surface area contributed by atoms with Gasteiger partial charge in [0.1, 0.15) is 0 Å². The van der Waals surface area contributed by atoms with Gasteiger partial charge >= 0.3 is 21.7 Å².